The fourth-order valence-corrected chi connectivity index (χ4v) is 2.81. The van der Waals surface area contributed by atoms with Gasteiger partial charge in [0, 0.05) is 6.54 Å². The molecule has 11 nitrogen and oxygen atoms in total. The van der Waals surface area contributed by atoms with Crippen LogP contribution < -0.4 is 5.32 Å². The monoisotopic (exact) mass is 454 g/mol. The first-order valence-corrected chi connectivity index (χ1v) is 10.4. The quantitative estimate of drug-likeness (QED) is 0.242. The number of amides is 3. The first-order chi connectivity index (χ1) is 15.6. The minimum atomic E-state index is -1.07. The third kappa shape index (κ3) is 9.28. The number of carbonyl (C=O) groups is 3. The van der Waals surface area contributed by atoms with Gasteiger partial charge >= 0.3 is 6.09 Å². The topological polar surface area (TPSA) is 133 Å². The Morgan fingerprint density at radius 2 is 1.12 bits per heavy atom. The first-order valence-electron chi connectivity index (χ1n) is 10.4. The first kappa shape index (κ1) is 25.7. The van der Waals surface area contributed by atoms with Crippen molar-refractivity contribution in [2.24, 2.45) is 0 Å². The number of fused-ring (bicyclic) bond motifs is 1. The number of rotatable bonds is 18. The lowest BCUT2D eigenvalue weighted by molar-refractivity contribution is -0.0115. The maximum atomic E-state index is 12.2. The summed E-state index contributed by atoms with van der Waals surface area (Å²) < 4.78 is 26.7. The summed E-state index contributed by atoms with van der Waals surface area (Å²) in [6, 6.07) is 6.78. The van der Waals surface area contributed by atoms with Gasteiger partial charge in [-0.25, -0.2) is 4.79 Å². The smallest absolute Gasteiger partial charge is 0.404 e. The third-order valence-corrected chi connectivity index (χ3v) is 4.35. The van der Waals surface area contributed by atoms with Gasteiger partial charge in [-0.05, 0) is 12.1 Å². The van der Waals surface area contributed by atoms with Crippen LogP contribution in [0.5, 0.6) is 0 Å². The molecule has 178 valence electrons. The van der Waals surface area contributed by atoms with Gasteiger partial charge in [0.25, 0.3) is 11.8 Å². The van der Waals surface area contributed by atoms with Crippen LogP contribution >= 0.6 is 0 Å². The molecule has 0 spiro atoms. The van der Waals surface area contributed by atoms with E-state index < -0.39 is 6.09 Å². The van der Waals surface area contributed by atoms with E-state index in [0.29, 0.717) is 70.6 Å². The minimum absolute atomic E-state index is 0.208. The molecule has 1 aliphatic heterocycles. The number of ether oxygens (including phenoxy) is 5. The molecule has 2 rings (SSSR count). The van der Waals surface area contributed by atoms with Crippen molar-refractivity contribution in [3.05, 3.63) is 35.4 Å². The zero-order valence-corrected chi connectivity index (χ0v) is 18.0. The van der Waals surface area contributed by atoms with E-state index in [2.05, 4.69) is 5.32 Å². The van der Waals surface area contributed by atoms with E-state index in [9.17, 15) is 14.4 Å². The van der Waals surface area contributed by atoms with Crippen molar-refractivity contribution in [2.75, 3.05) is 79.2 Å². The zero-order chi connectivity index (χ0) is 23.0. The second-order valence-electron chi connectivity index (χ2n) is 6.60. The van der Waals surface area contributed by atoms with Gasteiger partial charge in [-0.3, -0.25) is 14.5 Å². The van der Waals surface area contributed by atoms with Crippen LogP contribution in [0.1, 0.15) is 20.7 Å². The number of nitrogens with zero attached hydrogens (tertiary/aromatic N) is 1. The average molecular weight is 454 g/mol. The van der Waals surface area contributed by atoms with Crippen LogP contribution in [-0.4, -0.2) is 107 Å². The Bertz CT molecular complexity index is 694. The molecular weight excluding hydrogens is 424 g/mol. The summed E-state index contributed by atoms with van der Waals surface area (Å²) in [5, 5.41) is 10.6. The molecule has 32 heavy (non-hydrogen) atoms. The summed E-state index contributed by atoms with van der Waals surface area (Å²) in [4.78, 5) is 35.8. The molecule has 3 amide bonds. The fraction of sp³-hybridized carbons (Fsp3) is 0.571. The normalized spacial score (nSPS) is 12.9. The molecule has 0 atom stereocenters. The van der Waals surface area contributed by atoms with Gasteiger partial charge in [0.15, 0.2) is 0 Å². The molecule has 0 radical (unpaired) electrons. The second-order valence-corrected chi connectivity index (χ2v) is 6.60. The molecule has 0 fully saturated rings. The van der Waals surface area contributed by atoms with Gasteiger partial charge < -0.3 is 34.1 Å². The van der Waals surface area contributed by atoms with Gasteiger partial charge in [-0.15, -0.1) is 0 Å². The number of hydrogen-bond donors (Lipinski definition) is 2. The van der Waals surface area contributed by atoms with E-state index in [-0.39, 0.29) is 31.5 Å². The molecule has 0 bridgehead atoms. The van der Waals surface area contributed by atoms with Crippen LogP contribution in [-0.2, 0) is 23.7 Å². The van der Waals surface area contributed by atoms with Gasteiger partial charge in [-0.1, -0.05) is 12.1 Å². The molecule has 1 aromatic carbocycles. The molecule has 0 aromatic heterocycles. The maximum absolute atomic E-state index is 12.2. The molecule has 0 aliphatic carbocycles. The van der Waals surface area contributed by atoms with Crippen LogP contribution in [0.4, 0.5) is 4.79 Å². The average Bonchev–Trinajstić information content (AvgIpc) is 3.03. The van der Waals surface area contributed by atoms with Crippen LogP contribution in [0.25, 0.3) is 0 Å². The molecule has 0 saturated heterocycles. The molecule has 1 aliphatic rings. The Hall–Kier alpha value is -2.57. The molecular formula is C21H30N2O9. The zero-order valence-electron chi connectivity index (χ0n) is 18.0. The SMILES string of the molecule is O=C(O)NCCOCCOCCOCCOCCOCCN1C(=O)c2ccccc2C1=O. The summed E-state index contributed by atoms with van der Waals surface area (Å²) in [6.45, 7) is 4.25. The highest BCUT2D eigenvalue weighted by atomic mass is 16.6. The fourth-order valence-electron chi connectivity index (χ4n) is 2.81. The van der Waals surface area contributed by atoms with Crippen LogP contribution in [0, 0.1) is 0 Å². The summed E-state index contributed by atoms with van der Waals surface area (Å²) in [6.07, 6.45) is -1.07. The summed E-state index contributed by atoms with van der Waals surface area (Å²) in [5.41, 5.74) is 0.871. The highest BCUT2D eigenvalue weighted by molar-refractivity contribution is 6.21. The van der Waals surface area contributed by atoms with E-state index in [1.807, 2.05) is 0 Å². The lowest BCUT2D eigenvalue weighted by atomic mass is 10.1. The number of hydrogen-bond acceptors (Lipinski definition) is 8. The van der Waals surface area contributed by atoms with Crippen LogP contribution in [0.3, 0.4) is 0 Å². The molecule has 2 N–H and O–H groups in total. The minimum Gasteiger partial charge on any atom is -0.465 e. The number of carboxylic acid groups (broad SMARTS) is 1. The van der Waals surface area contributed by atoms with E-state index >= 15 is 0 Å². The van der Waals surface area contributed by atoms with E-state index in [1.54, 1.807) is 24.3 Å². The Morgan fingerprint density at radius 1 is 0.719 bits per heavy atom. The number of benzene rings is 1. The van der Waals surface area contributed by atoms with Crippen molar-refractivity contribution in [1.82, 2.24) is 10.2 Å². The predicted octanol–water partition coefficient (Wildman–Crippen LogP) is 0.633. The third-order valence-electron chi connectivity index (χ3n) is 4.35. The summed E-state index contributed by atoms with van der Waals surface area (Å²) >= 11 is 0. The molecule has 1 heterocycles. The van der Waals surface area contributed by atoms with Gasteiger partial charge in [0.2, 0.25) is 0 Å². The molecule has 0 saturated carbocycles. The lowest BCUT2D eigenvalue weighted by Gasteiger charge is -2.13. The number of nitrogens with one attached hydrogen (secondary N) is 1. The Morgan fingerprint density at radius 3 is 1.56 bits per heavy atom. The Balaban J connectivity index is 1.32. The number of carbonyl (C=O) groups excluding carboxylic acids is 2. The van der Waals surface area contributed by atoms with Crippen molar-refractivity contribution in [3.63, 3.8) is 0 Å². The molecule has 11 heteroatoms. The van der Waals surface area contributed by atoms with Crippen molar-refractivity contribution in [1.29, 1.82) is 0 Å². The largest absolute Gasteiger partial charge is 0.465 e. The van der Waals surface area contributed by atoms with Crippen molar-refractivity contribution in [3.8, 4) is 0 Å². The van der Waals surface area contributed by atoms with Crippen LogP contribution in [0.15, 0.2) is 24.3 Å². The lowest BCUT2D eigenvalue weighted by Crippen LogP contribution is -2.33. The molecule has 0 unspecified atom stereocenters. The highest BCUT2D eigenvalue weighted by Gasteiger charge is 2.34. The number of imide groups is 1. The van der Waals surface area contributed by atoms with E-state index in [0.717, 1.165) is 0 Å². The van der Waals surface area contributed by atoms with Crippen molar-refractivity contribution >= 4 is 17.9 Å². The summed E-state index contributed by atoms with van der Waals surface area (Å²) in [7, 11) is 0. The van der Waals surface area contributed by atoms with Gasteiger partial charge in [0.05, 0.1) is 83.7 Å². The second kappa shape index (κ2) is 15.3. The van der Waals surface area contributed by atoms with Crippen LogP contribution in [0.2, 0.25) is 0 Å². The molecule has 1 aromatic rings. The van der Waals surface area contributed by atoms with E-state index in [1.165, 1.54) is 4.90 Å². The Labute approximate surface area is 186 Å². The standard InChI is InChI=1S/C21H30N2O9/c24-19-17-3-1-2-4-18(17)20(25)23(19)6-8-29-10-12-31-14-16-32-15-13-30-11-9-28-7-5-22-21(26)27/h1-4,22H,5-16H2,(H,26,27). The van der Waals surface area contributed by atoms with E-state index in [4.69, 9.17) is 28.8 Å². The van der Waals surface area contributed by atoms with Gasteiger partial charge in [-0.2, -0.15) is 0 Å². The Kier molecular flexibility index (Phi) is 12.3. The predicted molar refractivity (Wildman–Crippen MR) is 112 cm³/mol. The summed E-state index contributed by atoms with van der Waals surface area (Å²) in [5.74, 6) is -0.570. The van der Waals surface area contributed by atoms with Crippen molar-refractivity contribution < 1.29 is 43.2 Å². The van der Waals surface area contributed by atoms with Crippen molar-refractivity contribution in [2.45, 2.75) is 0 Å². The van der Waals surface area contributed by atoms with Gasteiger partial charge in [0.1, 0.15) is 0 Å². The highest BCUT2D eigenvalue weighted by Crippen LogP contribution is 2.21. The maximum Gasteiger partial charge on any atom is 0.404 e.